The first-order valence-corrected chi connectivity index (χ1v) is 5.65. The molecule has 16 heavy (non-hydrogen) atoms. The molecule has 0 saturated carbocycles. The van der Waals surface area contributed by atoms with Crippen molar-refractivity contribution >= 4 is 17.3 Å². The van der Waals surface area contributed by atoms with Crippen LogP contribution in [-0.2, 0) is 11.8 Å². The molecule has 0 unspecified atom stereocenters. The Morgan fingerprint density at radius 2 is 2.44 bits per heavy atom. The second kappa shape index (κ2) is 4.44. The number of hydrogen-bond acceptors (Lipinski definition) is 5. The second-order valence-corrected chi connectivity index (χ2v) is 4.12. The summed E-state index contributed by atoms with van der Waals surface area (Å²) in [5, 5.41) is 4.82. The van der Waals surface area contributed by atoms with Crippen LogP contribution in [0.2, 0.25) is 0 Å². The van der Waals surface area contributed by atoms with Gasteiger partial charge in [0.15, 0.2) is 0 Å². The molecule has 5 nitrogen and oxygen atoms in total. The lowest BCUT2D eigenvalue weighted by atomic mass is 10.4. The molecule has 0 amide bonds. The van der Waals surface area contributed by atoms with E-state index in [1.54, 1.807) is 17.8 Å². The van der Waals surface area contributed by atoms with Gasteiger partial charge in [-0.15, -0.1) is 11.3 Å². The minimum atomic E-state index is -0.326. The zero-order valence-electron chi connectivity index (χ0n) is 9.01. The van der Waals surface area contributed by atoms with E-state index < -0.39 is 0 Å². The number of ether oxygens (including phenoxy) is 1. The molecular weight excluding hydrogens is 226 g/mol. The molecule has 0 N–H and O–H groups in total. The van der Waals surface area contributed by atoms with Gasteiger partial charge in [0.05, 0.1) is 18.5 Å². The minimum Gasteiger partial charge on any atom is -0.462 e. The van der Waals surface area contributed by atoms with Gasteiger partial charge in [-0.05, 0) is 13.0 Å². The molecular formula is C10H11N3O2S. The average molecular weight is 237 g/mol. The van der Waals surface area contributed by atoms with Crippen LogP contribution < -0.4 is 0 Å². The fraction of sp³-hybridized carbons (Fsp3) is 0.300. The van der Waals surface area contributed by atoms with Gasteiger partial charge in [-0.1, -0.05) is 0 Å². The highest BCUT2D eigenvalue weighted by atomic mass is 32.1. The SMILES string of the molecule is CCOC(=O)c1cnc(-c2ccnn2C)s1. The Labute approximate surface area is 96.7 Å². The van der Waals surface area contributed by atoms with Crippen LogP contribution in [0.5, 0.6) is 0 Å². The van der Waals surface area contributed by atoms with Crippen molar-refractivity contribution in [2.45, 2.75) is 6.92 Å². The summed E-state index contributed by atoms with van der Waals surface area (Å²) in [7, 11) is 1.83. The summed E-state index contributed by atoms with van der Waals surface area (Å²) in [5.74, 6) is -0.326. The Balaban J connectivity index is 2.26. The van der Waals surface area contributed by atoms with Crippen LogP contribution in [-0.4, -0.2) is 27.3 Å². The molecule has 0 atom stereocenters. The number of carbonyl (C=O) groups excluding carboxylic acids is 1. The van der Waals surface area contributed by atoms with E-state index >= 15 is 0 Å². The molecule has 0 bridgehead atoms. The molecule has 2 aromatic heterocycles. The van der Waals surface area contributed by atoms with Gasteiger partial charge in [-0.3, -0.25) is 4.68 Å². The molecule has 84 valence electrons. The highest BCUT2D eigenvalue weighted by Gasteiger charge is 2.13. The molecule has 0 aliphatic heterocycles. The van der Waals surface area contributed by atoms with E-state index in [0.29, 0.717) is 11.5 Å². The predicted molar refractivity (Wildman–Crippen MR) is 60.3 cm³/mol. The lowest BCUT2D eigenvalue weighted by Crippen LogP contribution is -2.01. The van der Waals surface area contributed by atoms with Crippen LogP contribution in [0.15, 0.2) is 18.5 Å². The normalized spacial score (nSPS) is 10.4. The topological polar surface area (TPSA) is 57.0 Å². The Kier molecular flexibility index (Phi) is 3.00. The molecule has 0 aromatic carbocycles. The van der Waals surface area contributed by atoms with Crippen molar-refractivity contribution in [2.75, 3.05) is 6.61 Å². The van der Waals surface area contributed by atoms with Crippen molar-refractivity contribution in [3.05, 3.63) is 23.3 Å². The highest BCUT2D eigenvalue weighted by molar-refractivity contribution is 7.16. The third kappa shape index (κ3) is 1.96. The number of aryl methyl sites for hydroxylation is 1. The summed E-state index contributed by atoms with van der Waals surface area (Å²) >= 11 is 1.31. The summed E-state index contributed by atoms with van der Waals surface area (Å²) in [6, 6.07) is 1.85. The molecule has 0 aliphatic rings. The van der Waals surface area contributed by atoms with Crippen molar-refractivity contribution in [1.82, 2.24) is 14.8 Å². The van der Waals surface area contributed by atoms with E-state index in [1.807, 2.05) is 13.1 Å². The first-order chi connectivity index (χ1) is 7.72. The number of rotatable bonds is 3. The maximum atomic E-state index is 11.4. The van der Waals surface area contributed by atoms with Gasteiger partial charge in [0.2, 0.25) is 0 Å². The number of esters is 1. The lowest BCUT2D eigenvalue weighted by Gasteiger charge is -1.96. The van der Waals surface area contributed by atoms with E-state index in [1.165, 1.54) is 17.5 Å². The van der Waals surface area contributed by atoms with Crippen molar-refractivity contribution in [1.29, 1.82) is 0 Å². The summed E-state index contributed by atoms with van der Waals surface area (Å²) in [6.07, 6.45) is 3.23. The van der Waals surface area contributed by atoms with Crippen LogP contribution in [0, 0.1) is 0 Å². The van der Waals surface area contributed by atoms with Crippen LogP contribution in [0.1, 0.15) is 16.6 Å². The van der Waals surface area contributed by atoms with Gasteiger partial charge in [0.1, 0.15) is 9.88 Å². The maximum absolute atomic E-state index is 11.4. The molecule has 2 aromatic rings. The minimum absolute atomic E-state index is 0.326. The van der Waals surface area contributed by atoms with E-state index in [4.69, 9.17) is 4.74 Å². The number of carbonyl (C=O) groups is 1. The van der Waals surface area contributed by atoms with Gasteiger partial charge >= 0.3 is 5.97 Å². The van der Waals surface area contributed by atoms with Crippen LogP contribution in [0.4, 0.5) is 0 Å². The number of hydrogen-bond donors (Lipinski definition) is 0. The van der Waals surface area contributed by atoms with E-state index in [-0.39, 0.29) is 5.97 Å². The number of nitrogens with zero attached hydrogens (tertiary/aromatic N) is 3. The average Bonchev–Trinajstić information content (AvgIpc) is 2.86. The van der Waals surface area contributed by atoms with Crippen molar-refractivity contribution in [3.8, 4) is 10.7 Å². The lowest BCUT2D eigenvalue weighted by molar-refractivity contribution is 0.0532. The molecule has 0 aliphatic carbocycles. The summed E-state index contributed by atoms with van der Waals surface area (Å²) in [4.78, 5) is 16.1. The molecule has 2 heterocycles. The van der Waals surface area contributed by atoms with Crippen molar-refractivity contribution in [3.63, 3.8) is 0 Å². The summed E-state index contributed by atoms with van der Waals surface area (Å²) in [5.41, 5.74) is 0.889. The second-order valence-electron chi connectivity index (χ2n) is 3.09. The van der Waals surface area contributed by atoms with Gasteiger partial charge in [-0.2, -0.15) is 5.10 Å². The zero-order chi connectivity index (χ0) is 11.5. The van der Waals surface area contributed by atoms with Crippen molar-refractivity contribution in [2.24, 2.45) is 7.05 Å². The van der Waals surface area contributed by atoms with Crippen LogP contribution in [0.3, 0.4) is 0 Å². The quantitative estimate of drug-likeness (QED) is 0.763. The molecule has 0 spiro atoms. The predicted octanol–water partition coefficient (Wildman–Crippen LogP) is 1.72. The van der Waals surface area contributed by atoms with E-state index in [0.717, 1.165) is 10.7 Å². The standard InChI is InChI=1S/C10H11N3O2S/c1-3-15-10(14)8-6-11-9(16-8)7-4-5-12-13(7)2/h4-6H,3H2,1-2H3. The highest BCUT2D eigenvalue weighted by Crippen LogP contribution is 2.24. The Morgan fingerprint density at radius 3 is 3.06 bits per heavy atom. The molecule has 2 rings (SSSR count). The summed E-state index contributed by atoms with van der Waals surface area (Å²) < 4.78 is 6.61. The first-order valence-electron chi connectivity index (χ1n) is 4.83. The summed E-state index contributed by atoms with van der Waals surface area (Å²) in [6.45, 7) is 2.15. The molecule has 0 fully saturated rings. The third-order valence-corrected chi connectivity index (χ3v) is 3.02. The molecule has 0 saturated heterocycles. The maximum Gasteiger partial charge on any atom is 0.349 e. The first kappa shape index (κ1) is 10.8. The number of thiazole rings is 1. The van der Waals surface area contributed by atoms with Gasteiger partial charge < -0.3 is 4.74 Å². The monoisotopic (exact) mass is 237 g/mol. The molecule has 0 radical (unpaired) electrons. The van der Waals surface area contributed by atoms with E-state index in [9.17, 15) is 4.79 Å². The van der Waals surface area contributed by atoms with E-state index in [2.05, 4.69) is 10.1 Å². The van der Waals surface area contributed by atoms with Gasteiger partial charge in [-0.25, -0.2) is 9.78 Å². The zero-order valence-corrected chi connectivity index (χ0v) is 9.82. The van der Waals surface area contributed by atoms with Gasteiger partial charge in [0.25, 0.3) is 0 Å². The Morgan fingerprint density at radius 1 is 1.62 bits per heavy atom. The van der Waals surface area contributed by atoms with Crippen LogP contribution >= 0.6 is 11.3 Å². The Bertz CT molecular complexity index is 504. The van der Waals surface area contributed by atoms with Crippen molar-refractivity contribution < 1.29 is 9.53 Å². The fourth-order valence-corrected chi connectivity index (χ4v) is 2.14. The molecule has 6 heteroatoms. The van der Waals surface area contributed by atoms with Gasteiger partial charge in [0, 0.05) is 13.2 Å². The Hall–Kier alpha value is -1.69. The largest absolute Gasteiger partial charge is 0.462 e. The number of aromatic nitrogens is 3. The smallest absolute Gasteiger partial charge is 0.349 e. The van der Waals surface area contributed by atoms with Crippen LogP contribution in [0.25, 0.3) is 10.7 Å². The fourth-order valence-electron chi connectivity index (χ4n) is 1.27. The third-order valence-electron chi connectivity index (χ3n) is 2.02.